The molecule has 0 amide bonds. The third kappa shape index (κ3) is 2.55. The third-order valence-corrected chi connectivity index (χ3v) is 3.33. The molecule has 2 rings (SSSR count). The summed E-state index contributed by atoms with van der Waals surface area (Å²) < 4.78 is 0. The Bertz CT molecular complexity index is 415. The van der Waals surface area contributed by atoms with Gasteiger partial charge in [-0.3, -0.25) is 0 Å². The second kappa shape index (κ2) is 4.17. The highest BCUT2D eigenvalue weighted by Gasteiger charge is 2.30. The van der Waals surface area contributed by atoms with Crippen molar-refractivity contribution in [2.75, 3.05) is 5.32 Å². The Hall–Kier alpha value is -1.49. The van der Waals surface area contributed by atoms with Crippen LogP contribution in [-0.4, -0.2) is 6.04 Å². The van der Waals surface area contributed by atoms with E-state index >= 15 is 0 Å². The minimum atomic E-state index is 0.463. The van der Waals surface area contributed by atoms with E-state index in [4.69, 9.17) is 5.26 Å². The average Bonchev–Trinajstić information content (AvgIpc) is 2.58. The molecule has 84 valence electrons. The molecule has 1 aromatic carbocycles. The van der Waals surface area contributed by atoms with Gasteiger partial charge in [-0.1, -0.05) is 19.9 Å². The van der Waals surface area contributed by atoms with Gasteiger partial charge in [-0.2, -0.15) is 5.26 Å². The van der Waals surface area contributed by atoms with Crippen LogP contribution in [0, 0.1) is 16.7 Å². The van der Waals surface area contributed by atoms with Crippen molar-refractivity contribution in [1.82, 2.24) is 0 Å². The highest BCUT2D eigenvalue weighted by atomic mass is 14.9. The topological polar surface area (TPSA) is 35.8 Å². The van der Waals surface area contributed by atoms with Crippen LogP contribution in [0.4, 0.5) is 5.69 Å². The molecule has 0 aromatic heterocycles. The zero-order valence-corrected chi connectivity index (χ0v) is 9.96. The minimum absolute atomic E-state index is 0.463. The molecule has 0 aliphatic heterocycles. The van der Waals surface area contributed by atoms with E-state index in [2.05, 4.69) is 25.2 Å². The lowest BCUT2D eigenvalue weighted by atomic mass is 9.92. The van der Waals surface area contributed by atoms with Crippen LogP contribution < -0.4 is 5.32 Å². The fourth-order valence-corrected chi connectivity index (χ4v) is 2.47. The summed E-state index contributed by atoms with van der Waals surface area (Å²) >= 11 is 0. The summed E-state index contributed by atoms with van der Waals surface area (Å²) in [4.78, 5) is 0. The summed E-state index contributed by atoms with van der Waals surface area (Å²) in [7, 11) is 0. The van der Waals surface area contributed by atoms with Gasteiger partial charge in [0.2, 0.25) is 0 Å². The van der Waals surface area contributed by atoms with Gasteiger partial charge in [-0.25, -0.2) is 0 Å². The molecule has 1 saturated carbocycles. The van der Waals surface area contributed by atoms with Crippen LogP contribution in [0.1, 0.15) is 38.7 Å². The van der Waals surface area contributed by atoms with E-state index in [1.54, 1.807) is 0 Å². The summed E-state index contributed by atoms with van der Waals surface area (Å²) in [6.07, 6.45) is 3.72. The Kier molecular flexibility index (Phi) is 2.87. The molecule has 0 saturated heterocycles. The predicted molar refractivity (Wildman–Crippen MR) is 66.2 cm³/mol. The zero-order chi connectivity index (χ0) is 11.6. The number of nitriles is 1. The van der Waals surface area contributed by atoms with Gasteiger partial charge in [0.05, 0.1) is 11.6 Å². The van der Waals surface area contributed by atoms with Gasteiger partial charge in [-0.05, 0) is 42.9 Å². The van der Waals surface area contributed by atoms with Crippen molar-refractivity contribution in [3.05, 3.63) is 29.8 Å². The van der Waals surface area contributed by atoms with Crippen molar-refractivity contribution in [3.8, 4) is 6.07 Å². The van der Waals surface area contributed by atoms with E-state index in [0.717, 1.165) is 11.3 Å². The maximum atomic E-state index is 8.83. The molecule has 16 heavy (non-hydrogen) atoms. The maximum absolute atomic E-state index is 8.83. The van der Waals surface area contributed by atoms with Gasteiger partial charge in [0.1, 0.15) is 0 Å². The monoisotopic (exact) mass is 214 g/mol. The minimum Gasteiger partial charge on any atom is -0.382 e. The quantitative estimate of drug-likeness (QED) is 0.817. The Labute approximate surface area is 97.3 Å². The van der Waals surface area contributed by atoms with E-state index in [9.17, 15) is 0 Å². The number of anilines is 1. The van der Waals surface area contributed by atoms with Crippen molar-refractivity contribution in [2.24, 2.45) is 5.41 Å². The lowest BCUT2D eigenvalue weighted by Gasteiger charge is -2.18. The molecule has 1 aliphatic carbocycles. The molecule has 1 fully saturated rings. The predicted octanol–water partition coefficient (Wildman–Crippen LogP) is 3.55. The number of benzene rings is 1. The summed E-state index contributed by atoms with van der Waals surface area (Å²) in [5, 5.41) is 12.3. The molecule has 1 aromatic rings. The van der Waals surface area contributed by atoms with Gasteiger partial charge in [0, 0.05) is 11.7 Å². The van der Waals surface area contributed by atoms with Crippen molar-refractivity contribution in [3.63, 3.8) is 0 Å². The highest BCUT2D eigenvalue weighted by Crippen LogP contribution is 2.38. The number of rotatable bonds is 2. The van der Waals surface area contributed by atoms with Gasteiger partial charge in [-0.15, -0.1) is 0 Å². The first kappa shape index (κ1) is 11.0. The molecule has 1 N–H and O–H groups in total. The van der Waals surface area contributed by atoms with Crippen molar-refractivity contribution in [2.45, 2.75) is 39.2 Å². The second-order valence-electron chi connectivity index (χ2n) is 5.44. The second-order valence-corrected chi connectivity index (χ2v) is 5.44. The normalized spacial score (nSPS) is 22.7. The van der Waals surface area contributed by atoms with Crippen LogP contribution in [0.5, 0.6) is 0 Å². The fraction of sp³-hybridized carbons (Fsp3) is 0.500. The SMILES string of the molecule is CC1(C)CCC(Nc2cccc(C#N)c2)C1. The van der Waals surface area contributed by atoms with E-state index in [1.807, 2.05) is 24.3 Å². The van der Waals surface area contributed by atoms with Crippen LogP contribution in [0.15, 0.2) is 24.3 Å². The molecule has 1 atom stereocenters. The number of hydrogen-bond donors (Lipinski definition) is 1. The first-order valence-electron chi connectivity index (χ1n) is 5.86. The number of nitrogens with zero attached hydrogens (tertiary/aromatic N) is 1. The van der Waals surface area contributed by atoms with E-state index < -0.39 is 0 Å². The Balaban J connectivity index is 2.02. The van der Waals surface area contributed by atoms with Crippen molar-refractivity contribution < 1.29 is 0 Å². The largest absolute Gasteiger partial charge is 0.382 e. The maximum Gasteiger partial charge on any atom is 0.0992 e. The molecule has 0 bridgehead atoms. The Morgan fingerprint density at radius 3 is 2.88 bits per heavy atom. The molecule has 2 heteroatoms. The molecular formula is C14H18N2. The summed E-state index contributed by atoms with van der Waals surface area (Å²) in [6.45, 7) is 4.64. The van der Waals surface area contributed by atoms with Crippen LogP contribution in [0.25, 0.3) is 0 Å². The lowest BCUT2D eigenvalue weighted by molar-refractivity contribution is 0.378. The van der Waals surface area contributed by atoms with Crippen LogP contribution in [0.3, 0.4) is 0 Å². The first-order valence-corrected chi connectivity index (χ1v) is 5.86. The molecular weight excluding hydrogens is 196 g/mol. The van der Waals surface area contributed by atoms with Gasteiger partial charge >= 0.3 is 0 Å². The van der Waals surface area contributed by atoms with Gasteiger partial charge < -0.3 is 5.32 Å². The van der Waals surface area contributed by atoms with Crippen LogP contribution in [-0.2, 0) is 0 Å². The van der Waals surface area contributed by atoms with Crippen molar-refractivity contribution >= 4 is 5.69 Å². The summed E-state index contributed by atoms with van der Waals surface area (Å²) in [5.74, 6) is 0. The molecule has 0 radical (unpaired) electrons. The van der Waals surface area contributed by atoms with E-state index in [0.29, 0.717) is 11.5 Å². The Morgan fingerprint density at radius 2 is 2.25 bits per heavy atom. The molecule has 1 unspecified atom stereocenters. The van der Waals surface area contributed by atoms with Crippen molar-refractivity contribution in [1.29, 1.82) is 5.26 Å². The van der Waals surface area contributed by atoms with E-state index in [-0.39, 0.29) is 0 Å². The summed E-state index contributed by atoms with van der Waals surface area (Å²) in [6, 6.07) is 10.5. The number of nitrogens with one attached hydrogen (secondary N) is 1. The molecule has 0 heterocycles. The third-order valence-electron chi connectivity index (χ3n) is 3.33. The Morgan fingerprint density at radius 1 is 1.44 bits per heavy atom. The van der Waals surface area contributed by atoms with Crippen LogP contribution in [0.2, 0.25) is 0 Å². The van der Waals surface area contributed by atoms with E-state index in [1.165, 1.54) is 19.3 Å². The fourth-order valence-electron chi connectivity index (χ4n) is 2.47. The zero-order valence-electron chi connectivity index (χ0n) is 9.96. The smallest absolute Gasteiger partial charge is 0.0992 e. The molecule has 2 nitrogen and oxygen atoms in total. The lowest BCUT2D eigenvalue weighted by Crippen LogP contribution is -2.17. The molecule has 0 spiro atoms. The van der Waals surface area contributed by atoms with Gasteiger partial charge in [0.15, 0.2) is 0 Å². The standard InChI is InChI=1S/C14H18N2/c1-14(2)7-6-13(9-14)16-12-5-3-4-11(8-12)10-15/h3-5,8,13,16H,6-7,9H2,1-2H3. The highest BCUT2D eigenvalue weighted by molar-refractivity contribution is 5.49. The number of hydrogen-bond acceptors (Lipinski definition) is 2. The average molecular weight is 214 g/mol. The molecule has 1 aliphatic rings. The summed E-state index contributed by atoms with van der Waals surface area (Å²) in [5.41, 5.74) is 2.26. The van der Waals surface area contributed by atoms with Crippen LogP contribution >= 0.6 is 0 Å². The first-order chi connectivity index (χ1) is 7.59. The van der Waals surface area contributed by atoms with Gasteiger partial charge in [0.25, 0.3) is 0 Å².